The van der Waals surface area contributed by atoms with Crippen LogP contribution in [0.25, 0.3) is 11.0 Å². The molecule has 0 aliphatic rings. The highest BCUT2D eigenvalue weighted by molar-refractivity contribution is 5.82. The molecule has 1 aromatic heterocycles. The van der Waals surface area contributed by atoms with Crippen LogP contribution in [0, 0.1) is 6.92 Å². The van der Waals surface area contributed by atoms with Crippen molar-refractivity contribution in [3.8, 4) is 5.75 Å². The van der Waals surface area contributed by atoms with Crippen LogP contribution in [-0.4, -0.2) is 23.4 Å². The first-order valence-corrected chi connectivity index (χ1v) is 4.52. The van der Waals surface area contributed by atoms with Crippen LogP contribution in [-0.2, 0) is 0 Å². The monoisotopic (exact) mass is 202 g/mol. The van der Waals surface area contributed by atoms with E-state index in [2.05, 4.69) is 9.97 Å². The molecule has 0 atom stereocenters. The molecule has 4 nitrogen and oxygen atoms in total. The zero-order valence-corrected chi connectivity index (χ0v) is 8.52. The first-order valence-electron chi connectivity index (χ1n) is 4.52. The summed E-state index contributed by atoms with van der Waals surface area (Å²) in [6.45, 7) is 1.76. The summed E-state index contributed by atoms with van der Waals surface area (Å²) in [4.78, 5) is 19.2. The fraction of sp³-hybridized carbons (Fsp3) is 0.182. The fourth-order valence-electron chi connectivity index (χ4n) is 1.37. The summed E-state index contributed by atoms with van der Waals surface area (Å²) in [6.07, 6.45) is 0.710. The normalized spacial score (nSPS) is 10.3. The van der Waals surface area contributed by atoms with Gasteiger partial charge in [0.25, 0.3) is 0 Å². The predicted molar refractivity (Wildman–Crippen MR) is 56.2 cm³/mol. The van der Waals surface area contributed by atoms with E-state index in [9.17, 15) is 4.79 Å². The summed E-state index contributed by atoms with van der Waals surface area (Å²) < 4.78 is 5.07. The van der Waals surface area contributed by atoms with Gasteiger partial charge in [-0.3, -0.25) is 4.79 Å². The summed E-state index contributed by atoms with van der Waals surface area (Å²) in [5, 5.41) is 0. The van der Waals surface area contributed by atoms with Crippen molar-refractivity contribution in [1.29, 1.82) is 0 Å². The summed E-state index contributed by atoms with van der Waals surface area (Å²) in [5.74, 6) is 0.706. The zero-order valence-electron chi connectivity index (χ0n) is 8.52. The van der Waals surface area contributed by atoms with E-state index in [0.717, 1.165) is 5.52 Å². The van der Waals surface area contributed by atoms with Gasteiger partial charge < -0.3 is 4.74 Å². The molecule has 2 aromatic rings. The number of fused-ring (bicyclic) bond motifs is 1. The van der Waals surface area contributed by atoms with Crippen molar-refractivity contribution < 1.29 is 9.53 Å². The summed E-state index contributed by atoms with van der Waals surface area (Å²) in [7, 11) is 1.59. The Kier molecular flexibility index (Phi) is 2.33. The van der Waals surface area contributed by atoms with Crippen molar-refractivity contribution in [2.45, 2.75) is 6.92 Å². The molecule has 0 amide bonds. The Morgan fingerprint density at radius 1 is 1.27 bits per heavy atom. The third kappa shape index (κ3) is 1.66. The number of carbonyl (C=O) groups excluding carboxylic acids is 1. The van der Waals surface area contributed by atoms with Crippen LogP contribution in [0.5, 0.6) is 5.75 Å². The lowest BCUT2D eigenvalue weighted by atomic mass is 10.2. The van der Waals surface area contributed by atoms with Gasteiger partial charge in [-0.15, -0.1) is 0 Å². The van der Waals surface area contributed by atoms with Crippen LogP contribution in [0.15, 0.2) is 18.2 Å². The molecule has 0 N–H and O–H groups in total. The Balaban J connectivity index is 2.71. The van der Waals surface area contributed by atoms with E-state index in [1.807, 2.05) is 12.1 Å². The molecule has 76 valence electrons. The molecule has 1 heterocycles. The van der Waals surface area contributed by atoms with E-state index in [-0.39, 0.29) is 0 Å². The number of carbonyl (C=O) groups is 1. The molecular weight excluding hydrogens is 192 g/mol. The molecule has 0 fully saturated rings. The van der Waals surface area contributed by atoms with E-state index in [0.29, 0.717) is 28.9 Å². The standard InChI is InChI=1S/C11H10N2O2/c1-7-11(6-14)13-10-5-8(15-2)3-4-9(10)12-7/h3-6H,1-2H3. The number of aldehydes is 1. The molecule has 0 aliphatic heterocycles. The van der Waals surface area contributed by atoms with Crippen molar-refractivity contribution >= 4 is 17.3 Å². The Hall–Kier alpha value is -1.97. The molecule has 0 unspecified atom stereocenters. The van der Waals surface area contributed by atoms with Gasteiger partial charge in [0.15, 0.2) is 6.29 Å². The maximum Gasteiger partial charge on any atom is 0.170 e. The highest BCUT2D eigenvalue weighted by Crippen LogP contribution is 2.18. The minimum Gasteiger partial charge on any atom is -0.497 e. The third-order valence-electron chi connectivity index (χ3n) is 2.19. The largest absolute Gasteiger partial charge is 0.497 e. The Morgan fingerprint density at radius 3 is 2.73 bits per heavy atom. The average Bonchev–Trinajstić information content (AvgIpc) is 2.27. The van der Waals surface area contributed by atoms with Crippen molar-refractivity contribution in [1.82, 2.24) is 9.97 Å². The first-order chi connectivity index (χ1) is 7.24. The van der Waals surface area contributed by atoms with Gasteiger partial charge in [0.2, 0.25) is 0 Å². The van der Waals surface area contributed by atoms with E-state index in [4.69, 9.17) is 4.74 Å². The van der Waals surface area contributed by atoms with E-state index < -0.39 is 0 Å². The molecule has 0 saturated carbocycles. The van der Waals surface area contributed by atoms with Gasteiger partial charge in [0.1, 0.15) is 11.4 Å². The minimum atomic E-state index is 0.371. The number of hydrogen-bond acceptors (Lipinski definition) is 4. The third-order valence-corrected chi connectivity index (χ3v) is 2.19. The van der Waals surface area contributed by atoms with Gasteiger partial charge in [-0.25, -0.2) is 9.97 Å². The Morgan fingerprint density at radius 2 is 2.07 bits per heavy atom. The van der Waals surface area contributed by atoms with E-state index >= 15 is 0 Å². The Labute approximate surface area is 86.9 Å². The second-order valence-corrected chi connectivity index (χ2v) is 3.17. The smallest absolute Gasteiger partial charge is 0.170 e. The first kappa shape index (κ1) is 9.58. The molecule has 0 aliphatic carbocycles. The lowest BCUT2D eigenvalue weighted by Crippen LogP contribution is -1.97. The zero-order chi connectivity index (χ0) is 10.8. The molecule has 1 aromatic carbocycles. The number of rotatable bonds is 2. The van der Waals surface area contributed by atoms with Gasteiger partial charge in [-0.05, 0) is 19.1 Å². The van der Waals surface area contributed by atoms with Crippen LogP contribution >= 0.6 is 0 Å². The van der Waals surface area contributed by atoms with Gasteiger partial charge >= 0.3 is 0 Å². The van der Waals surface area contributed by atoms with Crippen LogP contribution in [0.1, 0.15) is 16.2 Å². The summed E-state index contributed by atoms with van der Waals surface area (Å²) >= 11 is 0. The second-order valence-electron chi connectivity index (χ2n) is 3.17. The number of nitrogens with zero attached hydrogens (tertiary/aromatic N) is 2. The molecule has 0 spiro atoms. The van der Waals surface area contributed by atoms with Gasteiger partial charge in [0.05, 0.1) is 23.8 Å². The van der Waals surface area contributed by atoms with Gasteiger partial charge in [0, 0.05) is 6.07 Å². The van der Waals surface area contributed by atoms with Crippen LogP contribution in [0.4, 0.5) is 0 Å². The predicted octanol–water partition coefficient (Wildman–Crippen LogP) is 1.76. The molecule has 4 heteroatoms. The Bertz CT molecular complexity index is 523. The fourth-order valence-corrected chi connectivity index (χ4v) is 1.37. The van der Waals surface area contributed by atoms with Crippen molar-refractivity contribution in [3.63, 3.8) is 0 Å². The van der Waals surface area contributed by atoms with Crippen molar-refractivity contribution in [2.75, 3.05) is 7.11 Å². The number of hydrogen-bond donors (Lipinski definition) is 0. The second kappa shape index (κ2) is 3.65. The maximum atomic E-state index is 10.7. The molecule has 0 bridgehead atoms. The molecule has 0 radical (unpaired) electrons. The average molecular weight is 202 g/mol. The number of aromatic nitrogens is 2. The van der Waals surface area contributed by atoms with Gasteiger partial charge in [-0.1, -0.05) is 0 Å². The van der Waals surface area contributed by atoms with Gasteiger partial charge in [-0.2, -0.15) is 0 Å². The van der Waals surface area contributed by atoms with Crippen LogP contribution in [0.3, 0.4) is 0 Å². The number of benzene rings is 1. The molecule has 2 rings (SSSR count). The highest BCUT2D eigenvalue weighted by atomic mass is 16.5. The van der Waals surface area contributed by atoms with E-state index in [1.54, 1.807) is 20.1 Å². The number of ether oxygens (including phenoxy) is 1. The van der Waals surface area contributed by atoms with Crippen molar-refractivity contribution in [3.05, 3.63) is 29.6 Å². The highest BCUT2D eigenvalue weighted by Gasteiger charge is 2.04. The molecule has 0 saturated heterocycles. The lowest BCUT2D eigenvalue weighted by Gasteiger charge is -2.03. The van der Waals surface area contributed by atoms with Crippen LogP contribution < -0.4 is 4.74 Å². The van der Waals surface area contributed by atoms with E-state index in [1.165, 1.54) is 0 Å². The molecule has 15 heavy (non-hydrogen) atoms. The quantitative estimate of drug-likeness (QED) is 0.696. The molecular formula is C11H10N2O2. The minimum absolute atomic E-state index is 0.371. The number of aryl methyl sites for hydroxylation is 1. The van der Waals surface area contributed by atoms with Crippen molar-refractivity contribution in [2.24, 2.45) is 0 Å². The SMILES string of the molecule is COc1ccc2nc(C)c(C=O)nc2c1. The lowest BCUT2D eigenvalue weighted by molar-refractivity contribution is 0.111. The maximum absolute atomic E-state index is 10.7. The summed E-state index contributed by atoms with van der Waals surface area (Å²) in [6, 6.07) is 5.40. The topological polar surface area (TPSA) is 52.1 Å². The van der Waals surface area contributed by atoms with Crippen LogP contribution in [0.2, 0.25) is 0 Å². The number of methoxy groups -OCH3 is 1. The summed E-state index contributed by atoms with van der Waals surface area (Å²) in [5.41, 5.74) is 2.44.